The highest BCUT2D eigenvalue weighted by Gasteiger charge is 2.48. The summed E-state index contributed by atoms with van der Waals surface area (Å²) in [7, 11) is 0. The van der Waals surface area contributed by atoms with Crippen molar-refractivity contribution >= 4 is 29.2 Å². The predicted molar refractivity (Wildman–Crippen MR) is 128 cm³/mol. The van der Waals surface area contributed by atoms with Crippen molar-refractivity contribution in [3.8, 4) is 0 Å². The number of allylic oxidation sites excluding steroid dienone is 3. The van der Waals surface area contributed by atoms with Crippen LogP contribution in [0.4, 0.5) is 0 Å². The monoisotopic (exact) mass is 457 g/mol. The van der Waals surface area contributed by atoms with Crippen molar-refractivity contribution in [2.24, 2.45) is 17.3 Å². The fraction of sp³-hybridized carbons (Fsp3) is 0.577. The molecule has 0 aromatic carbocycles. The van der Waals surface area contributed by atoms with Crippen LogP contribution in [0.2, 0.25) is 0 Å². The molecule has 32 heavy (non-hydrogen) atoms. The van der Waals surface area contributed by atoms with Crippen molar-refractivity contribution in [1.29, 1.82) is 0 Å². The summed E-state index contributed by atoms with van der Waals surface area (Å²) in [6, 6.07) is 0. The molecule has 5 atom stereocenters. The number of carbonyl (C=O) groups excluding carboxylic acids is 2. The fourth-order valence-electron chi connectivity index (χ4n) is 4.83. The van der Waals surface area contributed by atoms with E-state index >= 15 is 0 Å². The highest BCUT2D eigenvalue weighted by molar-refractivity contribution is 7.09. The van der Waals surface area contributed by atoms with Crippen LogP contribution in [0, 0.1) is 24.2 Å². The average molecular weight is 458 g/mol. The Labute approximate surface area is 195 Å². The van der Waals surface area contributed by atoms with E-state index in [4.69, 9.17) is 4.74 Å². The molecule has 2 bridgehead atoms. The number of nitrogens with zero attached hydrogens (tertiary/aromatic N) is 1. The van der Waals surface area contributed by atoms with Crippen LogP contribution < -0.4 is 0 Å². The molecule has 1 fully saturated rings. The summed E-state index contributed by atoms with van der Waals surface area (Å²) >= 11 is 1.58. The number of cyclic esters (lactones) is 1. The van der Waals surface area contributed by atoms with Gasteiger partial charge in [-0.15, -0.1) is 11.3 Å². The molecular formula is C26H35NO4S. The SMILES string of the molecule is C/C1=C/C[C@@H](/C(C)=C/c2csc(C)n2)OC(=O)C[C@H](O)[C@]2(C)C[C@@H](/C=C/C1)C[C@@H](C)C2=O. The number of esters is 1. The van der Waals surface area contributed by atoms with E-state index in [1.807, 2.05) is 32.2 Å². The predicted octanol–water partition coefficient (Wildman–Crippen LogP) is 5.44. The third-order valence-corrected chi connectivity index (χ3v) is 7.56. The van der Waals surface area contributed by atoms with Gasteiger partial charge in [0.1, 0.15) is 11.9 Å². The van der Waals surface area contributed by atoms with Gasteiger partial charge in [0, 0.05) is 17.7 Å². The molecule has 0 unspecified atom stereocenters. The molecule has 1 N–H and O–H groups in total. The Morgan fingerprint density at radius 2 is 2.09 bits per heavy atom. The minimum absolute atomic E-state index is 0.0390. The quantitative estimate of drug-likeness (QED) is 0.473. The topological polar surface area (TPSA) is 76.5 Å². The van der Waals surface area contributed by atoms with Gasteiger partial charge in [-0.1, -0.05) is 37.6 Å². The van der Waals surface area contributed by atoms with Crippen LogP contribution in [0.25, 0.3) is 6.08 Å². The Bertz CT molecular complexity index is 943. The molecule has 1 aromatic rings. The number of aliphatic hydroxyl groups excluding tert-OH is 1. The molecule has 0 spiro atoms. The number of ether oxygens (including phenoxy) is 1. The summed E-state index contributed by atoms with van der Waals surface area (Å²) < 4.78 is 5.83. The number of ketones is 1. The Kier molecular flexibility index (Phi) is 7.88. The van der Waals surface area contributed by atoms with Gasteiger partial charge in [0.25, 0.3) is 0 Å². The first kappa shape index (κ1) is 24.6. The van der Waals surface area contributed by atoms with Crippen LogP contribution in [0.5, 0.6) is 0 Å². The Morgan fingerprint density at radius 1 is 1.34 bits per heavy atom. The van der Waals surface area contributed by atoms with Gasteiger partial charge in [-0.2, -0.15) is 0 Å². The number of Topliss-reactive ketones (excluding diaryl/α,β-unsaturated/α-hetero) is 1. The van der Waals surface area contributed by atoms with Gasteiger partial charge in [-0.25, -0.2) is 4.98 Å². The molecule has 0 amide bonds. The van der Waals surface area contributed by atoms with Gasteiger partial charge in [-0.05, 0) is 57.6 Å². The summed E-state index contributed by atoms with van der Waals surface area (Å²) in [4.78, 5) is 30.3. The number of fused-ring (bicyclic) bond motifs is 2. The minimum Gasteiger partial charge on any atom is -0.457 e. The second-order valence-corrected chi connectivity index (χ2v) is 10.7. The number of aromatic nitrogens is 1. The van der Waals surface area contributed by atoms with Crippen molar-refractivity contribution in [3.05, 3.63) is 45.5 Å². The van der Waals surface area contributed by atoms with E-state index in [1.54, 1.807) is 18.3 Å². The van der Waals surface area contributed by atoms with Gasteiger partial charge in [0.05, 0.1) is 28.6 Å². The normalized spacial score (nSPS) is 35.4. The minimum atomic E-state index is -1.06. The zero-order valence-corrected chi connectivity index (χ0v) is 20.6. The second kappa shape index (κ2) is 10.3. The Hall–Kier alpha value is -2.05. The van der Waals surface area contributed by atoms with Gasteiger partial charge in [-0.3, -0.25) is 9.59 Å². The van der Waals surface area contributed by atoms with Crippen molar-refractivity contribution < 1.29 is 19.4 Å². The van der Waals surface area contributed by atoms with Crippen molar-refractivity contribution in [1.82, 2.24) is 4.98 Å². The van der Waals surface area contributed by atoms with E-state index in [-0.39, 0.29) is 24.0 Å². The molecule has 0 radical (unpaired) electrons. The molecule has 174 valence electrons. The van der Waals surface area contributed by atoms with Crippen molar-refractivity contribution in [2.75, 3.05) is 0 Å². The lowest BCUT2D eigenvalue weighted by molar-refractivity contribution is -0.156. The number of carbonyl (C=O) groups is 2. The molecule has 1 aliphatic carbocycles. The maximum atomic E-state index is 13.0. The van der Waals surface area contributed by atoms with Gasteiger partial charge >= 0.3 is 5.97 Å². The molecule has 1 aromatic heterocycles. The zero-order chi connectivity index (χ0) is 23.5. The van der Waals surface area contributed by atoms with Crippen LogP contribution in [-0.4, -0.2) is 34.1 Å². The largest absolute Gasteiger partial charge is 0.457 e. The number of rotatable bonds is 2. The molecule has 2 heterocycles. The fourth-order valence-corrected chi connectivity index (χ4v) is 5.40. The van der Waals surface area contributed by atoms with Crippen molar-refractivity contribution in [3.63, 3.8) is 0 Å². The van der Waals surface area contributed by atoms with Gasteiger partial charge < -0.3 is 9.84 Å². The molecule has 5 nitrogen and oxygen atoms in total. The first-order valence-corrected chi connectivity index (χ1v) is 12.3. The molecular weight excluding hydrogens is 422 g/mol. The number of thiazole rings is 1. The van der Waals surface area contributed by atoms with Crippen LogP contribution in [0.1, 0.15) is 70.5 Å². The second-order valence-electron chi connectivity index (χ2n) is 9.68. The third-order valence-electron chi connectivity index (χ3n) is 6.77. The lowest BCUT2D eigenvalue weighted by atomic mass is 9.62. The molecule has 2 aliphatic rings. The summed E-state index contributed by atoms with van der Waals surface area (Å²) in [6.07, 6.45) is 9.43. The zero-order valence-electron chi connectivity index (χ0n) is 19.8. The van der Waals surface area contributed by atoms with Crippen LogP contribution in [0.15, 0.2) is 34.8 Å². The Morgan fingerprint density at radius 3 is 2.78 bits per heavy atom. The van der Waals surface area contributed by atoms with E-state index in [2.05, 4.69) is 30.1 Å². The number of aliphatic hydroxyl groups is 1. The van der Waals surface area contributed by atoms with Crippen molar-refractivity contribution in [2.45, 2.75) is 78.9 Å². The van der Waals surface area contributed by atoms with Crippen LogP contribution in [0.3, 0.4) is 0 Å². The third kappa shape index (κ3) is 5.84. The number of aryl methyl sites for hydroxylation is 1. The van der Waals surface area contributed by atoms with Crippen LogP contribution >= 0.6 is 11.3 Å². The molecule has 1 saturated carbocycles. The summed E-state index contributed by atoms with van der Waals surface area (Å²) in [5.41, 5.74) is 2.02. The molecule has 3 rings (SSSR count). The number of hydrogen-bond acceptors (Lipinski definition) is 6. The van der Waals surface area contributed by atoms with Gasteiger partial charge in [0.15, 0.2) is 0 Å². The van der Waals surface area contributed by atoms with E-state index < -0.39 is 23.6 Å². The lowest BCUT2D eigenvalue weighted by Gasteiger charge is -2.42. The summed E-state index contributed by atoms with van der Waals surface area (Å²) in [6.45, 7) is 9.70. The van der Waals surface area contributed by atoms with Gasteiger partial charge in [0.2, 0.25) is 0 Å². The smallest absolute Gasteiger partial charge is 0.309 e. The highest BCUT2D eigenvalue weighted by Crippen LogP contribution is 2.43. The first-order valence-electron chi connectivity index (χ1n) is 11.4. The van der Waals surface area contributed by atoms with E-state index in [9.17, 15) is 14.7 Å². The molecule has 0 saturated heterocycles. The summed E-state index contributed by atoms with van der Waals surface area (Å²) in [5.74, 6) is -0.365. The van der Waals surface area contributed by atoms with Crippen LogP contribution in [-0.2, 0) is 14.3 Å². The maximum Gasteiger partial charge on any atom is 0.309 e. The van der Waals surface area contributed by atoms with E-state index in [0.29, 0.717) is 12.8 Å². The van der Waals surface area contributed by atoms with E-state index in [0.717, 1.165) is 29.1 Å². The average Bonchev–Trinajstić information content (AvgIpc) is 3.12. The number of hydrogen-bond donors (Lipinski definition) is 1. The standard InChI is InChI=1S/C26H35NO4S/c1-16-7-6-8-20-11-18(3)25(30)26(5,14-20)23(28)13-24(29)31-22(10-9-16)17(2)12-21-15-32-19(4)27-21/h6,8-9,12,15,18,20,22-23,28H,7,10-11,13-14H2,1-5H3/b8-6+,16-9-,17-12+/t18-,20+,22+,23+,26+/m1/s1. The first-order chi connectivity index (χ1) is 15.1. The Balaban J connectivity index is 1.89. The molecule has 1 aliphatic heterocycles. The molecule has 6 heteroatoms. The lowest BCUT2D eigenvalue weighted by Crippen LogP contribution is -2.48. The van der Waals surface area contributed by atoms with E-state index in [1.165, 1.54) is 5.57 Å². The highest BCUT2D eigenvalue weighted by atomic mass is 32.1. The maximum absolute atomic E-state index is 13.0. The summed E-state index contributed by atoms with van der Waals surface area (Å²) in [5, 5.41) is 13.9.